The summed E-state index contributed by atoms with van der Waals surface area (Å²) in [5.41, 5.74) is 1.03. The van der Waals surface area contributed by atoms with Gasteiger partial charge in [-0.1, -0.05) is 18.2 Å². The summed E-state index contributed by atoms with van der Waals surface area (Å²) >= 11 is 1.70. The van der Waals surface area contributed by atoms with E-state index >= 15 is 0 Å². The predicted molar refractivity (Wildman–Crippen MR) is 54.6 cm³/mol. The highest BCUT2D eigenvalue weighted by Crippen LogP contribution is 2.15. The van der Waals surface area contributed by atoms with Crippen molar-refractivity contribution >= 4 is 11.3 Å². The minimum Gasteiger partial charge on any atom is -0.207 e. The molecule has 13 heavy (non-hydrogen) atoms. The van der Waals surface area contributed by atoms with E-state index in [9.17, 15) is 4.39 Å². The zero-order valence-electron chi connectivity index (χ0n) is 8.03. The number of hydrogen-bond acceptors (Lipinski definition) is 1. The highest BCUT2D eigenvalue weighted by Gasteiger charge is 1.97. The summed E-state index contributed by atoms with van der Waals surface area (Å²) in [6.45, 7) is 0. The van der Waals surface area contributed by atoms with Gasteiger partial charge in [0.15, 0.2) is 0 Å². The Bertz CT molecular complexity index is 384. The van der Waals surface area contributed by atoms with Crippen LogP contribution in [0.2, 0.25) is 0 Å². The van der Waals surface area contributed by atoms with Gasteiger partial charge >= 0.3 is 1.43 Å². The molecule has 0 fully saturated rings. The van der Waals surface area contributed by atoms with Gasteiger partial charge in [0.2, 0.25) is 0 Å². The van der Waals surface area contributed by atoms with Crippen LogP contribution in [0.1, 0.15) is 11.9 Å². The number of halogens is 1. The monoisotopic (exact) mass is 193 g/mol. The summed E-state index contributed by atoms with van der Waals surface area (Å²) in [5, 5.41) is 2.04. The molecule has 0 N–H and O–H groups in total. The van der Waals surface area contributed by atoms with E-state index in [2.05, 4.69) is 6.07 Å². The molecule has 0 saturated heterocycles. The minimum atomic E-state index is -0.158. The number of benzene rings is 1. The number of hydrogen-bond donors (Lipinski definition) is 0. The molecule has 0 atom stereocenters. The van der Waals surface area contributed by atoms with Crippen molar-refractivity contribution in [3.05, 3.63) is 58.0 Å². The van der Waals surface area contributed by atoms with Crippen molar-refractivity contribution in [2.75, 3.05) is 0 Å². The molecule has 0 aliphatic heterocycles. The largest absolute Gasteiger partial charge is 1.00 e. The van der Waals surface area contributed by atoms with Gasteiger partial charge in [-0.05, 0) is 29.1 Å². The molecule has 2 aromatic rings. The van der Waals surface area contributed by atoms with Gasteiger partial charge in [-0.15, -0.1) is 11.3 Å². The average Bonchev–Trinajstić information content (AvgIpc) is 2.57. The Hall–Kier alpha value is -1.15. The molecule has 0 spiro atoms. The highest BCUT2D eigenvalue weighted by atomic mass is 32.1. The zero-order chi connectivity index (χ0) is 9.10. The molecule has 0 aliphatic rings. The van der Waals surface area contributed by atoms with Crippen molar-refractivity contribution < 1.29 is 5.82 Å². The summed E-state index contributed by atoms with van der Waals surface area (Å²) in [7, 11) is 0. The molecular weight excluding hydrogens is 183 g/mol. The van der Waals surface area contributed by atoms with Crippen LogP contribution >= 0.6 is 11.3 Å². The predicted octanol–water partition coefficient (Wildman–Crippen LogP) is 3.59. The molecule has 1 heterocycles. The number of rotatable bonds is 2. The average molecular weight is 193 g/mol. The smallest absolute Gasteiger partial charge is 0.207 e. The molecule has 0 unspecified atom stereocenters. The molecule has 0 radical (unpaired) electrons. The van der Waals surface area contributed by atoms with E-state index in [1.807, 2.05) is 17.5 Å². The molecule has 1 aromatic carbocycles. The van der Waals surface area contributed by atoms with Crippen LogP contribution in [-0.2, 0) is 6.42 Å². The molecule has 2 heteroatoms. The maximum Gasteiger partial charge on any atom is 1.00 e. The fraction of sp³-hybridized carbons (Fsp3) is 0.0909. The van der Waals surface area contributed by atoms with Crippen LogP contribution in [0.15, 0.2) is 41.8 Å². The highest BCUT2D eigenvalue weighted by molar-refractivity contribution is 7.09. The van der Waals surface area contributed by atoms with Crippen molar-refractivity contribution in [2.45, 2.75) is 6.42 Å². The summed E-state index contributed by atoms with van der Waals surface area (Å²) in [6, 6.07) is 10.8. The second kappa shape index (κ2) is 3.71. The van der Waals surface area contributed by atoms with Gasteiger partial charge in [0.1, 0.15) is 5.82 Å². The maximum atomic E-state index is 12.8. The standard InChI is InChI=1S/C11H9FS/c12-10-4-1-3-9(7-10)8-11-5-2-6-13-11/h1-7H,8H2/p+1. The van der Waals surface area contributed by atoms with Crippen molar-refractivity contribution in [1.82, 2.24) is 0 Å². The molecule has 0 saturated carbocycles. The van der Waals surface area contributed by atoms with Crippen LogP contribution in [0.3, 0.4) is 0 Å². The Morgan fingerprint density at radius 2 is 2.15 bits per heavy atom. The minimum absolute atomic E-state index is 0. The van der Waals surface area contributed by atoms with Gasteiger partial charge < -0.3 is 0 Å². The molecule has 1 aromatic heterocycles. The van der Waals surface area contributed by atoms with E-state index in [1.54, 1.807) is 23.5 Å². The van der Waals surface area contributed by atoms with Gasteiger partial charge in [-0.3, -0.25) is 0 Å². The SMILES string of the molecule is Fc1cccc(Cc2cccs2)c1.[H+]. The van der Waals surface area contributed by atoms with Gasteiger partial charge in [-0.25, -0.2) is 4.39 Å². The fourth-order valence-corrected chi connectivity index (χ4v) is 2.00. The Morgan fingerprint density at radius 1 is 1.23 bits per heavy atom. The molecule has 0 aliphatic carbocycles. The van der Waals surface area contributed by atoms with Gasteiger partial charge in [0.25, 0.3) is 0 Å². The van der Waals surface area contributed by atoms with Crippen molar-refractivity contribution in [3.8, 4) is 0 Å². The Labute approximate surface area is 82.1 Å². The zero-order valence-corrected chi connectivity index (χ0v) is 7.85. The molecule has 66 valence electrons. The van der Waals surface area contributed by atoms with Gasteiger partial charge in [0, 0.05) is 11.3 Å². The second-order valence-electron chi connectivity index (χ2n) is 2.89. The third-order valence-corrected chi connectivity index (χ3v) is 2.72. The van der Waals surface area contributed by atoms with Crippen LogP contribution in [0.4, 0.5) is 4.39 Å². The Balaban J connectivity index is 0.000000980. The maximum absolute atomic E-state index is 12.8. The summed E-state index contributed by atoms with van der Waals surface area (Å²) in [6.07, 6.45) is 0.829. The van der Waals surface area contributed by atoms with E-state index < -0.39 is 0 Å². The van der Waals surface area contributed by atoms with E-state index in [0.717, 1.165) is 12.0 Å². The van der Waals surface area contributed by atoms with Crippen LogP contribution < -0.4 is 0 Å². The van der Waals surface area contributed by atoms with Crippen LogP contribution in [-0.4, -0.2) is 0 Å². The summed E-state index contributed by atoms with van der Waals surface area (Å²) in [5.74, 6) is -0.158. The molecular formula is C11H10FS+. The van der Waals surface area contributed by atoms with Crippen molar-refractivity contribution in [3.63, 3.8) is 0 Å². The van der Waals surface area contributed by atoms with Crippen LogP contribution in [0, 0.1) is 5.82 Å². The second-order valence-corrected chi connectivity index (χ2v) is 3.92. The van der Waals surface area contributed by atoms with Crippen LogP contribution in [0.5, 0.6) is 0 Å². The Kier molecular flexibility index (Phi) is 2.41. The Morgan fingerprint density at radius 3 is 2.85 bits per heavy atom. The van der Waals surface area contributed by atoms with E-state index in [-0.39, 0.29) is 7.24 Å². The van der Waals surface area contributed by atoms with Crippen molar-refractivity contribution in [2.24, 2.45) is 0 Å². The third kappa shape index (κ3) is 2.16. The first-order chi connectivity index (χ1) is 6.34. The summed E-state index contributed by atoms with van der Waals surface area (Å²) in [4.78, 5) is 1.27. The first-order valence-corrected chi connectivity index (χ1v) is 4.99. The lowest BCUT2D eigenvalue weighted by Crippen LogP contribution is -1.85. The van der Waals surface area contributed by atoms with Gasteiger partial charge in [0.05, 0.1) is 0 Å². The number of thiophene rings is 1. The lowest BCUT2D eigenvalue weighted by Gasteiger charge is -1.97. The molecule has 0 nitrogen and oxygen atoms in total. The van der Waals surface area contributed by atoms with E-state index in [0.29, 0.717) is 0 Å². The molecule has 0 bridgehead atoms. The lowest BCUT2D eigenvalue weighted by molar-refractivity contribution is 0.626. The first kappa shape index (κ1) is 8.45. The van der Waals surface area contributed by atoms with E-state index in [1.165, 1.54) is 10.9 Å². The molecule has 0 amide bonds. The van der Waals surface area contributed by atoms with E-state index in [4.69, 9.17) is 0 Å². The van der Waals surface area contributed by atoms with Crippen LogP contribution in [0.25, 0.3) is 0 Å². The normalized spacial score (nSPS) is 10.2. The van der Waals surface area contributed by atoms with Gasteiger partial charge in [-0.2, -0.15) is 0 Å². The topological polar surface area (TPSA) is 0 Å². The first-order valence-electron chi connectivity index (χ1n) is 4.11. The molecule has 2 rings (SSSR count). The fourth-order valence-electron chi connectivity index (χ4n) is 1.26. The summed E-state index contributed by atoms with van der Waals surface area (Å²) < 4.78 is 12.8. The lowest BCUT2D eigenvalue weighted by atomic mass is 10.1. The third-order valence-electron chi connectivity index (χ3n) is 1.85. The van der Waals surface area contributed by atoms with Crippen molar-refractivity contribution in [1.29, 1.82) is 0 Å². The quantitative estimate of drug-likeness (QED) is 0.683.